The minimum Gasteiger partial charge on any atom is -0.360 e. The van der Waals surface area contributed by atoms with Crippen LogP contribution < -0.4 is 10.2 Å². The van der Waals surface area contributed by atoms with Crippen LogP contribution in [0.25, 0.3) is 0 Å². The fourth-order valence-corrected chi connectivity index (χ4v) is 2.91. The summed E-state index contributed by atoms with van der Waals surface area (Å²) in [5, 5.41) is 3.30. The first kappa shape index (κ1) is 15.3. The standard InChI is InChI=1S/C16H28N4/c1-4-19(3)16-8-7-15(11-18-16)13-20-9-5-6-14(12-20)10-17-2/h7-8,11,14,17H,4-6,9-10,12-13H2,1-3H3. The van der Waals surface area contributed by atoms with Crippen LogP contribution in [0, 0.1) is 5.92 Å². The summed E-state index contributed by atoms with van der Waals surface area (Å²) in [4.78, 5) is 9.28. The quantitative estimate of drug-likeness (QED) is 0.861. The lowest BCUT2D eigenvalue weighted by molar-refractivity contribution is 0.166. The van der Waals surface area contributed by atoms with E-state index in [1.807, 2.05) is 13.2 Å². The van der Waals surface area contributed by atoms with Crippen molar-refractivity contribution in [3.05, 3.63) is 23.9 Å². The van der Waals surface area contributed by atoms with Gasteiger partial charge in [0.2, 0.25) is 0 Å². The highest BCUT2D eigenvalue weighted by molar-refractivity contribution is 5.37. The van der Waals surface area contributed by atoms with E-state index in [4.69, 9.17) is 0 Å². The second-order valence-corrected chi connectivity index (χ2v) is 5.84. The Hall–Kier alpha value is -1.13. The van der Waals surface area contributed by atoms with Crippen molar-refractivity contribution >= 4 is 5.82 Å². The molecule has 2 rings (SSSR count). The first-order chi connectivity index (χ1) is 9.72. The van der Waals surface area contributed by atoms with Gasteiger partial charge in [-0.05, 0) is 57.5 Å². The number of nitrogens with zero attached hydrogens (tertiary/aromatic N) is 3. The van der Waals surface area contributed by atoms with Crippen LogP contribution in [0.3, 0.4) is 0 Å². The minimum absolute atomic E-state index is 0.798. The predicted octanol–water partition coefficient (Wildman–Crippen LogP) is 1.97. The number of pyridine rings is 1. The van der Waals surface area contributed by atoms with Crippen LogP contribution in [-0.4, -0.2) is 50.2 Å². The third-order valence-electron chi connectivity index (χ3n) is 4.18. The Morgan fingerprint density at radius 2 is 2.30 bits per heavy atom. The van der Waals surface area contributed by atoms with E-state index in [-0.39, 0.29) is 0 Å². The van der Waals surface area contributed by atoms with Gasteiger partial charge < -0.3 is 10.2 Å². The van der Waals surface area contributed by atoms with Crippen molar-refractivity contribution in [2.24, 2.45) is 5.92 Å². The largest absolute Gasteiger partial charge is 0.360 e. The number of likely N-dealkylation sites (tertiary alicyclic amines) is 1. The van der Waals surface area contributed by atoms with E-state index in [1.54, 1.807) is 0 Å². The van der Waals surface area contributed by atoms with Gasteiger partial charge >= 0.3 is 0 Å². The first-order valence-corrected chi connectivity index (χ1v) is 7.76. The minimum atomic E-state index is 0.798. The summed E-state index contributed by atoms with van der Waals surface area (Å²) in [6.07, 6.45) is 4.70. The zero-order valence-electron chi connectivity index (χ0n) is 13.1. The highest BCUT2D eigenvalue weighted by Crippen LogP contribution is 2.18. The zero-order chi connectivity index (χ0) is 14.4. The molecule has 112 valence electrons. The highest BCUT2D eigenvalue weighted by atomic mass is 15.2. The molecule has 0 amide bonds. The maximum absolute atomic E-state index is 4.56. The summed E-state index contributed by atoms with van der Waals surface area (Å²) < 4.78 is 0. The van der Waals surface area contributed by atoms with Crippen molar-refractivity contribution in [1.82, 2.24) is 15.2 Å². The molecule has 1 N–H and O–H groups in total. The molecule has 0 saturated carbocycles. The molecule has 20 heavy (non-hydrogen) atoms. The zero-order valence-corrected chi connectivity index (χ0v) is 13.1. The predicted molar refractivity (Wildman–Crippen MR) is 85.1 cm³/mol. The van der Waals surface area contributed by atoms with Crippen molar-refractivity contribution in [2.45, 2.75) is 26.3 Å². The van der Waals surface area contributed by atoms with Gasteiger partial charge in [-0.15, -0.1) is 0 Å². The number of hydrogen-bond acceptors (Lipinski definition) is 4. The second kappa shape index (κ2) is 7.60. The topological polar surface area (TPSA) is 31.4 Å². The molecule has 1 aromatic rings. The summed E-state index contributed by atoms with van der Waals surface area (Å²) in [5.41, 5.74) is 1.32. The lowest BCUT2D eigenvalue weighted by atomic mass is 9.98. The maximum atomic E-state index is 4.56. The highest BCUT2D eigenvalue weighted by Gasteiger charge is 2.19. The van der Waals surface area contributed by atoms with Gasteiger partial charge in [-0.3, -0.25) is 4.90 Å². The number of hydrogen-bond donors (Lipinski definition) is 1. The van der Waals surface area contributed by atoms with E-state index >= 15 is 0 Å². The molecule has 1 fully saturated rings. The van der Waals surface area contributed by atoms with Gasteiger partial charge in [0.25, 0.3) is 0 Å². The fraction of sp³-hybridized carbons (Fsp3) is 0.688. The van der Waals surface area contributed by atoms with Gasteiger partial charge in [0.05, 0.1) is 0 Å². The molecule has 2 heterocycles. The smallest absolute Gasteiger partial charge is 0.128 e. The Bertz CT molecular complexity index is 388. The molecule has 1 aliphatic heterocycles. The maximum Gasteiger partial charge on any atom is 0.128 e. The molecule has 1 aliphatic rings. The molecule has 1 saturated heterocycles. The van der Waals surface area contributed by atoms with Crippen LogP contribution in [0.4, 0.5) is 5.82 Å². The van der Waals surface area contributed by atoms with Crippen molar-refractivity contribution in [3.63, 3.8) is 0 Å². The number of anilines is 1. The molecule has 1 unspecified atom stereocenters. The van der Waals surface area contributed by atoms with E-state index < -0.39 is 0 Å². The van der Waals surface area contributed by atoms with E-state index in [0.717, 1.165) is 31.4 Å². The second-order valence-electron chi connectivity index (χ2n) is 5.84. The van der Waals surface area contributed by atoms with Gasteiger partial charge in [0.1, 0.15) is 5.82 Å². The lowest BCUT2D eigenvalue weighted by Gasteiger charge is -2.32. The van der Waals surface area contributed by atoms with Crippen LogP contribution in [0.2, 0.25) is 0 Å². The molecule has 4 heteroatoms. The average molecular weight is 276 g/mol. The van der Waals surface area contributed by atoms with Crippen molar-refractivity contribution in [3.8, 4) is 0 Å². The van der Waals surface area contributed by atoms with Crippen LogP contribution >= 0.6 is 0 Å². The normalized spacial score (nSPS) is 20.1. The summed E-state index contributed by atoms with van der Waals surface area (Å²) in [6, 6.07) is 4.35. The molecular formula is C16H28N4. The summed E-state index contributed by atoms with van der Waals surface area (Å²) >= 11 is 0. The van der Waals surface area contributed by atoms with Gasteiger partial charge in [-0.2, -0.15) is 0 Å². The molecule has 0 bridgehead atoms. The van der Waals surface area contributed by atoms with E-state index in [9.17, 15) is 0 Å². The Morgan fingerprint density at radius 1 is 1.45 bits per heavy atom. The Balaban J connectivity index is 1.89. The molecule has 1 aromatic heterocycles. The third-order valence-corrected chi connectivity index (χ3v) is 4.18. The molecule has 4 nitrogen and oxygen atoms in total. The van der Waals surface area contributed by atoms with Gasteiger partial charge in [0.15, 0.2) is 0 Å². The number of rotatable bonds is 6. The molecule has 0 aromatic carbocycles. The molecule has 1 atom stereocenters. The van der Waals surface area contributed by atoms with Crippen molar-refractivity contribution in [2.75, 3.05) is 45.2 Å². The van der Waals surface area contributed by atoms with E-state index in [2.05, 4.69) is 46.2 Å². The Morgan fingerprint density at radius 3 is 2.95 bits per heavy atom. The van der Waals surface area contributed by atoms with Gasteiger partial charge in [-0.25, -0.2) is 4.98 Å². The number of aromatic nitrogens is 1. The van der Waals surface area contributed by atoms with Crippen molar-refractivity contribution < 1.29 is 0 Å². The van der Waals surface area contributed by atoms with Crippen LogP contribution in [0.5, 0.6) is 0 Å². The number of nitrogens with one attached hydrogen (secondary N) is 1. The van der Waals surface area contributed by atoms with Crippen molar-refractivity contribution in [1.29, 1.82) is 0 Å². The first-order valence-electron chi connectivity index (χ1n) is 7.76. The number of piperidine rings is 1. The van der Waals surface area contributed by atoms with E-state index in [1.165, 1.54) is 31.5 Å². The summed E-state index contributed by atoms with van der Waals surface area (Å²) in [5.74, 6) is 1.86. The third kappa shape index (κ3) is 4.18. The van der Waals surface area contributed by atoms with E-state index in [0.29, 0.717) is 0 Å². The summed E-state index contributed by atoms with van der Waals surface area (Å²) in [7, 11) is 4.13. The lowest BCUT2D eigenvalue weighted by Crippen LogP contribution is -2.38. The average Bonchev–Trinajstić information content (AvgIpc) is 2.48. The monoisotopic (exact) mass is 276 g/mol. The fourth-order valence-electron chi connectivity index (χ4n) is 2.91. The molecular weight excluding hydrogens is 248 g/mol. The molecule has 0 radical (unpaired) electrons. The van der Waals surface area contributed by atoms with Crippen LogP contribution in [0.15, 0.2) is 18.3 Å². The Kier molecular flexibility index (Phi) is 5.80. The summed E-state index contributed by atoms with van der Waals surface area (Å²) in [6.45, 7) is 7.72. The van der Waals surface area contributed by atoms with Crippen LogP contribution in [-0.2, 0) is 6.54 Å². The Labute approximate surface area is 123 Å². The van der Waals surface area contributed by atoms with Gasteiger partial charge in [-0.1, -0.05) is 6.07 Å². The molecule has 0 aliphatic carbocycles. The van der Waals surface area contributed by atoms with Gasteiger partial charge in [0, 0.05) is 32.9 Å². The van der Waals surface area contributed by atoms with Crippen LogP contribution in [0.1, 0.15) is 25.3 Å². The SMILES string of the molecule is CCN(C)c1ccc(CN2CCCC(CNC)C2)cn1. The molecule has 0 spiro atoms.